The summed E-state index contributed by atoms with van der Waals surface area (Å²) in [5.41, 5.74) is 1.15. The van der Waals surface area contributed by atoms with Gasteiger partial charge in [0.15, 0.2) is 0 Å². The predicted octanol–water partition coefficient (Wildman–Crippen LogP) is 2.21. The summed E-state index contributed by atoms with van der Waals surface area (Å²) in [5.74, 6) is 2.64. The molecule has 1 aliphatic rings. The maximum Gasteiger partial charge on any atom is 0.224 e. The molecule has 3 aromatic rings. The van der Waals surface area contributed by atoms with E-state index in [0.29, 0.717) is 12.5 Å². The third-order valence-corrected chi connectivity index (χ3v) is 4.42. The Kier molecular flexibility index (Phi) is 4.86. The smallest absolute Gasteiger partial charge is 0.224 e. The minimum Gasteiger partial charge on any atom is -0.353 e. The zero-order valence-electron chi connectivity index (χ0n) is 14.5. The number of hydrogen-bond donors (Lipinski definition) is 1. The van der Waals surface area contributed by atoms with E-state index in [9.17, 15) is 0 Å². The zero-order chi connectivity index (χ0) is 17.6. The normalized spacial score (nSPS) is 14.3. The lowest BCUT2D eigenvalue weighted by atomic mass is 10.3. The molecule has 1 saturated heterocycles. The molecular formula is C19H21N7. The van der Waals surface area contributed by atoms with Crippen LogP contribution in [0.25, 0.3) is 0 Å². The lowest BCUT2D eigenvalue weighted by Crippen LogP contribution is -2.47. The van der Waals surface area contributed by atoms with Crippen molar-refractivity contribution in [2.24, 2.45) is 0 Å². The van der Waals surface area contributed by atoms with Gasteiger partial charge in [-0.1, -0.05) is 6.07 Å². The van der Waals surface area contributed by atoms with Crippen molar-refractivity contribution in [1.82, 2.24) is 19.9 Å². The summed E-state index contributed by atoms with van der Waals surface area (Å²) < 4.78 is 0. The summed E-state index contributed by atoms with van der Waals surface area (Å²) in [7, 11) is 0. The predicted molar refractivity (Wildman–Crippen MR) is 102 cm³/mol. The molecule has 4 rings (SSSR count). The monoisotopic (exact) mass is 347 g/mol. The molecule has 0 radical (unpaired) electrons. The lowest BCUT2D eigenvalue weighted by molar-refractivity contribution is 0.641. The Morgan fingerprint density at radius 3 is 2.27 bits per heavy atom. The highest BCUT2D eigenvalue weighted by molar-refractivity contribution is 5.46. The summed E-state index contributed by atoms with van der Waals surface area (Å²) in [4.78, 5) is 22.1. The van der Waals surface area contributed by atoms with E-state index in [0.717, 1.165) is 43.4 Å². The van der Waals surface area contributed by atoms with Crippen LogP contribution >= 0.6 is 0 Å². The molecule has 0 bridgehead atoms. The fourth-order valence-corrected chi connectivity index (χ4v) is 3.00. The van der Waals surface area contributed by atoms with Crippen molar-refractivity contribution in [2.75, 3.05) is 41.3 Å². The Morgan fingerprint density at radius 2 is 1.54 bits per heavy atom. The van der Waals surface area contributed by atoms with Crippen LogP contribution in [0.2, 0.25) is 0 Å². The SMILES string of the molecule is c1ccc(N2CCN(c3ccnc(NCc4ccncc4)n3)CC2)nc1. The van der Waals surface area contributed by atoms with Crippen LogP contribution in [0.4, 0.5) is 17.6 Å². The maximum atomic E-state index is 4.66. The molecule has 3 aromatic heterocycles. The second kappa shape index (κ2) is 7.77. The van der Waals surface area contributed by atoms with Gasteiger partial charge in [-0.25, -0.2) is 9.97 Å². The van der Waals surface area contributed by atoms with Crippen LogP contribution in [0.1, 0.15) is 5.56 Å². The molecule has 0 amide bonds. The first-order valence-corrected chi connectivity index (χ1v) is 8.75. The Hall–Kier alpha value is -3.22. The minimum absolute atomic E-state index is 0.645. The second-order valence-corrected chi connectivity index (χ2v) is 6.11. The first-order valence-electron chi connectivity index (χ1n) is 8.75. The molecule has 132 valence electrons. The van der Waals surface area contributed by atoms with Gasteiger partial charge in [0.25, 0.3) is 0 Å². The summed E-state index contributed by atoms with van der Waals surface area (Å²) in [6.45, 7) is 4.37. The van der Waals surface area contributed by atoms with Gasteiger partial charge >= 0.3 is 0 Å². The van der Waals surface area contributed by atoms with E-state index in [1.54, 1.807) is 12.4 Å². The van der Waals surface area contributed by atoms with E-state index in [2.05, 4.69) is 41.1 Å². The van der Waals surface area contributed by atoms with Gasteiger partial charge < -0.3 is 15.1 Å². The quantitative estimate of drug-likeness (QED) is 0.759. The Balaban J connectivity index is 1.36. The summed E-state index contributed by atoms with van der Waals surface area (Å²) >= 11 is 0. The third-order valence-electron chi connectivity index (χ3n) is 4.42. The molecule has 0 saturated carbocycles. The second-order valence-electron chi connectivity index (χ2n) is 6.11. The van der Waals surface area contributed by atoms with Crippen molar-refractivity contribution in [3.8, 4) is 0 Å². The van der Waals surface area contributed by atoms with Crippen molar-refractivity contribution >= 4 is 17.6 Å². The van der Waals surface area contributed by atoms with E-state index in [4.69, 9.17) is 0 Å². The van der Waals surface area contributed by atoms with Crippen molar-refractivity contribution in [3.63, 3.8) is 0 Å². The molecule has 0 aliphatic carbocycles. The van der Waals surface area contributed by atoms with Gasteiger partial charge in [0.05, 0.1) is 0 Å². The highest BCUT2D eigenvalue weighted by atomic mass is 15.3. The molecule has 0 aromatic carbocycles. The Morgan fingerprint density at radius 1 is 0.769 bits per heavy atom. The maximum absolute atomic E-state index is 4.66. The summed E-state index contributed by atoms with van der Waals surface area (Å²) in [5, 5.41) is 3.28. The number of nitrogens with zero attached hydrogens (tertiary/aromatic N) is 6. The fraction of sp³-hybridized carbons (Fsp3) is 0.263. The average molecular weight is 347 g/mol. The molecule has 4 heterocycles. The van der Waals surface area contributed by atoms with Crippen LogP contribution in [-0.2, 0) is 6.54 Å². The number of hydrogen-bond acceptors (Lipinski definition) is 7. The van der Waals surface area contributed by atoms with E-state index in [1.807, 2.05) is 42.7 Å². The summed E-state index contributed by atoms with van der Waals surface area (Å²) in [6, 6.07) is 12.0. The van der Waals surface area contributed by atoms with Crippen LogP contribution in [0, 0.1) is 0 Å². The zero-order valence-corrected chi connectivity index (χ0v) is 14.5. The topological polar surface area (TPSA) is 70.1 Å². The van der Waals surface area contributed by atoms with Crippen molar-refractivity contribution < 1.29 is 0 Å². The lowest BCUT2D eigenvalue weighted by Gasteiger charge is -2.36. The largest absolute Gasteiger partial charge is 0.353 e. The number of nitrogens with one attached hydrogen (secondary N) is 1. The van der Waals surface area contributed by atoms with E-state index in [1.165, 1.54) is 0 Å². The first-order chi connectivity index (χ1) is 12.9. The van der Waals surface area contributed by atoms with Gasteiger partial charge in [-0.2, -0.15) is 4.98 Å². The highest BCUT2D eigenvalue weighted by Crippen LogP contribution is 2.18. The molecule has 1 aliphatic heterocycles. The van der Waals surface area contributed by atoms with Gasteiger partial charge in [0, 0.05) is 57.5 Å². The molecule has 0 unspecified atom stereocenters. The molecule has 26 heavy (non-hydrogen) atoms. The van der Waals surface area contributed by atoms with Crippen LogP contribution in [0.5, 0.6) is 0 Å². The molecule has 1 fully saturated rings. The number of aromatic nitrogens is 4. The Labute approximate surface area is 152 Å². The van der Waals surface area contributed by atoms with Gasteiger partial charge in [0.2, 0.25) is 5.95 Å². The van der Waals surface area contributed by atoms with Crippen LogP contribution in [-0.4, -0.2) is 46.1 Å². The van der Waals surface area contributed by atoms with E-state index < -0.39 is 0 Å². The Bertz CT molecular complexity index is 818. The third kappa shape index (κ3) is 3.88. The van der Waals surface area contributed by atoms with E-state index in [-0.39, 0.29) is 0 Å². The average Bonchev–Trinajstić information content (AvgIpc) is 2.74. The molecule has 1 N–H and O–H groups in total. The number of pyridine rings is 2. The molecular weight excluding hydrogens is 326 g/mol. The fourth-order valence-electron chi connectivity index (χ4n) is 3.00. The van der Waals surface area contributed by atoms with E-state index >= 15 is 0 Å². The van der Waals surface area contributed by atoms with Crippen molar-refractivity contribution in [2.45, 2.75) is 6.54 Å². The molecule has 0 spiro atoms. The molecule has 0 atom stereocenters. The van der Waals surface area contributed by atoms with Crippen molar-refractivity contribution in [3.05, 3.63) is 66.7 Å². The van der Waals surface area contributed by atoms with Crippen LogP contribution in [0.3, 0.4) is 0 Å². The first kappa shape index (κ1) is 16.3. The number of anilines is 3. The van der Waals surface area contributed by atoms with Crippen molar-refractivity contribution in [1.29, 1.82) is 0 Å². The van der Waals surface area contributed by atoms with Gasteiger partial charge in [-0.15, -0.1) is 0 Å². The van der Waals surface area contributed by atoms with Crippen LogP contribution in [0.15, 0.2) is 61.2 Å². The summed E-state index contributed by atoms with van der Waals surface area (Å²) in [6.07, 6.45) is 7.22. The molecule has 7 heteroatoms. The van der Waals surface area contributed by atoms with Gasteiger partial charge in [-0.05, 0) is 35.9 Å². The van der Waals surface area contributed by atoms with Gasteiger partial charge in [-0.3, -0.25) is 4.98 Å². The molecule has 7 nitrogen and oxygen atoms in total. The standard InChI is InChI=1S/C19H21N7/c1-2-7-21-17(3-1)25-11-13-26(14-12-25)18-6-10-22-19(24-18)23-15-16-4-8-20-9-5-16/h1-10H,11-15H2,(H,22,23,24). The number of rotatable bonds is 5. The highest BCUT2D eigenvalue weighted by Gasteiger charge is 2.19. The minimum atomic E-state index is 0.645. The van der Waals surface area contributed by atoms with Crippen LogP contribution < -0.4 is 15.1 Å². The van der Waals surface area contributed by atoms with Gasteiger partial charge in [0.1, 0.15) is 11.6 Å². The number of piperazine rings is 1.